The molecule has 0 aromatic rings. The van der Waals surface area contributed by atoms with Crippen LogP contribution in [0, 0.1) is 11.3 Å². The van der Waals surface area contributed by atoms with Crippen LogP contribution >= 0.6 is 0 Å². The Morgan fingerprint density at radius 1 is 1.50 bits per heavy atom. The maximum Gasteiger partial charge on any atom is 0.122 e. The lowest BCUT2D eigenvalue weighted by molar-refractivity contribution is 0.449. The van der Waals surface area contributed by atoms with Gasteiger partial charge in [0.1, 0.15) is 8.24 Å². The van der Waals surface area contributed by atoms with Gasteiger partial charge in [-0.25, -0.2) is 0 Å². The van der Waals surface area contributed by atoms with E-state index in [-0.39, 0.29) is 0 Å². The first-order valence-corrected chi connectivity index (χ1v) is 7.94. The maximum atomic E-state index is 8.41. The quantitative estimate of drug-likeness (QED) is 0.494. The highest BCUT2D eigenvalue weighted by Crippen LogP contribution is 2.25. The number of nitrogens with zero attached hydrogens (tertiary/aromatic N) is 2. The van der Waals surface area contributed by atoms with Crippen molar-refractivity contribution in [3.63, 3.8) is 0 Å². The van der Waals surface area contributed by atoms with E-state index in [1.54, 1.807) is 0 Å². The summed E-state index contributed by atoms with van der Waals surface area (Å²) in [5.74, 6) is 0. The van der Waals surface area contributed by atoms with Crippen molar-refractivity contribution in [2.45, 2.75) is 38.4 Å². The molecule has 0 bridgehead atoms. The summed E-state index contributed by atoms with van der Waals surface area (Å²) in [6, 6.07) is 3.65. The molecule has 0 amide bonds. The number of rotatable bonds is 3. The zero-order valence-corrected chi connectivity index (χ0v) is 9.14. The molecule has 1 fully saturated rings. The fraction of sp³-hybridized carbons (Fsp3) is 0.889. The summed E-state index contributed by atoms with van der Waals surface area (Å²) >= 11 is 0. The first kappa shape index (κ1) is 9.75. The molecule has 0 spiro atoms. The third-order valence-electron chi connectivity index (χ3n) is 2.79. The Bertz CT molecular complexity index is 183. The van der Waals surface area contributed by atoms with Gasteiger partial charge in [0.25, 0.3) is 0 Å². The van der Waals surface area contributed by atoms with Crippen LogP contribution in [0.15, 0.2) is 0 Å². The first-order valence-electron chi connectivity index (χ1n) is 4.79. The lowest BCUT2D eigenvalue weighted by atomic mass is 10.3. The Kier molecular flexibility index (Phi) is 3.30. The van der Waals surface area contributed by atoms with Gasteiger partial charge in [0.2, 0.25) is 0 Å². The van der Waals surface area contributed by atoms with Crippen LogP contribution in [0.3, 0.4) is 0 Å². The molecule has 0 N–H and O–H groups in total. The number of hydrogen-bond acceptors (Lipinski definition) is 2. The molecule has 0 aromatic heterocycles. The van der Waals surface area contributed by atoms with Crippen LogP contribution in [0.2, 0.25) is 19.1 Å². The summed E-state index contributed by atoms with van der Waals surface area (Å²) in [4.78, 5) is 0. The molecule has 1 aliphatic rings. The van der Waals surface area contributed by atoms with Gasteiger partial charge in [-0.15, -0.1) is 0 Å². The van der Waals surface area contributed by atoms with Crippen molar-refractivity contribution in [3.8, 4) is 6.07 Å². The van der Waals surface area contributed by atoms with Crippen molar-refractivity contribution in [2.24, 2.45) is 0 Å². The van der Waals surface area contributed by atoms with Crippen LogP contribution in [0.4, 0.5) is 0 Å². The van der Waals surface area contributed by atoms with Crippen molar-refractivity contribution in [3.05, 3.63) is 0 Å². The Morgan fingerprint density at radius 3 is 2.75 bits per heavy atom. The zero-order valence-electron chi connectivity index (χ0n) is 8.14. The lowest BCUT2D eigenvalue weighted by Crippen LogP contribution is -2.43. The lowest BCUT2D eigenvalue weighted by Gasteiger charge is -2.29. The van der Waals surface area contributed by atoms with Crippen LogP contribution in [-0.4, -0.2) is 25.9 Å². The van der Waals surface area contributed by atoms with E-state index in [0.717, 1.165) is 19.4 Å². The molecule has 68 valence electrons. The Hall–Kier alpha value is -0.333. The van der Waals surface area contributed by atoms with Gasteiger partial charge in [-0.2, -0.15) is 5.26 Å². The number of unbranched alkanes of at least 4 members (excludes halogenated alkanes) is 1. The molecule has 12 heavy (non-hydrogen) atoms. The Morgan fingerprint density at radius 2 is 2.25 bits per heavy atom. The zero-order chi connectivity index (χ0) is 9.03. The molecule has 1 aliphatic heterocycles. The van der Waals surface area contributed by atoms with Crippen molar-refractivity contribution in [2.75, 3.05) is 13.1 Å². The van der Waals surface area contributed by atoms with E-state index in [9.17, 15) is 0 Å². The highest BCUT2D eigenvalue weighted by Gasteiger charge is 2.33. The summed E-state index contributed by atoms with van der Waals surface area (Å²) < 4.78 is 2.64. The minimum absolute atomic E-state index is 0.723. The smallest absolute Gasteiger partial charge is 0.122 e. The van der Waals surface area contributed by atoms with Gasteiger partial charge in [0.05, 0.1) is 6.07 Å². The predicted molar refractivity (Wildman–Crippen MR) is 53.3 cm³/mol. The van der Waals surface area contributed by atoms with Gasteiger partial charge in [-0.05, 0) is 32.0 Å². The summed E-state index contributed by atoms with van der Waals surface area (Å²) in [5, 5.41) is 8.41. The van der Waals surface area contributed by atoms with Crippen molar-refractivity contribution >= 4 is 8.24 Å². The predicted octanol–water partition coefficient (Wildman–Crippen LogP) is 2.20. The van der Waals surface area contributed by atoms with Crippen LogP contribution < -0.4 is 0 Å². The molecule has 2 nitrogen and oxygen atoms in total. The standard InChI is InChI=1S/C9H18N2Si/c1-12(2)9-5-8-11(12)7-4-3-6-10/h3-5,7-9H2,1-2H3. The monoisotopic (exact) mass is 182 g/mol. The van der Waals surface area contributed by atoms with E-state index in [4.69, 9.17) is 5.26 Å². The van der Waals surface area contributed by atoms with E-state index in [2.05, 4.69) is 23.7 Å². The minimum Gasteiger partial charge on any atom is -0.324 e. The van der Waals surface area contributed by atoms with Gasteiger partial charge in [0.15, 0.2) is 0 Å². The Balaban J connectivity index is 2.28. The molecular weight excluding hydrogens is 164 g/mol. The highest BCUT2D eigenvalue weighted by atomic mass is 28.3. The summed E-state index contributed by atoms with van der Waals surface area (Å²) in [6.07, 6.45) is 3.17. The molecule has 0 radical (unpaired) electrons. The van der Waals surface area contributed by atoms with Gasteiger partial charge < -0.3 is 4.57 Å². The average Bonchev–Trinajstić information content (AvgIpc) is 2.32. The van der Waals surface area contributed by atoms with Gasteiger partial charge in [0, 0.05) is 6.42 Å². The van der Waals surface area contributed by atoms with E-state index >= 15 is 0 Å². The van der Waals surface area contributed by atoms with Gasteiger partial charge in [-0.3, -0.25) is 0 Å². The third-order valence-corrected chi connectivity index (χ3v) is 6.53. The van der Waals surface area contributed by atoms with E-state index in [1.165, 1.54) is 19.0 Å². The van der Waals surface area contributed by atoms with Crippen molar-refractivity contribution < 1.29 is 0 Å². The number of nitriles is 1. The molecule has 0 aromatic carbocycles. The largest absolute Gasteiger partial charge is 0.324 e. The van der Waals surface area contributed by atoms with Crippen LogP contribution in [0.25, 0.3) is 0 Å². The Labute approximate surface area is 76.3 Å². The fourth-order valence-corrected chi connectivity index (χ4v) is 4.79. The van der Waals surface area contributed by atoms with Gasteiger partial charge >= 0.3 is 0 Å². The van der Waals surface area contributed by atoms with Gasteiger partial charge in [-0.1, -0.05) is 13.1 Å². The van der Waals surface area contributed by atoms with Crippen LogP contribution in [0.1, 0.15) is 19.3 Å². The fourth-order valence-electron chi connectivity index (χ4n) is 1.93. The second-order valence-electron chi connectivity index (χ2n) is 4.16. The second-order valence-corrected chi connectivity index (χ2v) is 8.92. The molecule has 0 aliphatic carbocycles. The minimum atomic E-state index is -0.996. The highest BCUT2D eigenvalue weighted by molar-refractivity contribution is 6.75. The summed E-state index contributed by atoms with van der Waals surface area (Å²) in [6.45, 7) is 7.32. The molecule has 3 heteroatoms. The molecule has 1 heterocycles. The SMILES string of the molecule is C[Si]1(C)CCCN1CCCC#N. The molecule has 1 saturated heterocycles. The molecule has 0 unspecified atom stereocenters. The second kappa shape index (κ2) is 4.06. The summed E-state index contributed by atoms with van der Waals surface area (Å²) in [7, 11) is -0.996. The van der Waals surface area contributed by atoms with E-state index in [0.29, 0.717) is 0 Å². The summed E-state index contributed by atoms with van der Waals surface area (Å²) in [5.41, 5.74) is 0. The maximum absolute atomic E-state index is 8.41. The molecule has 0 saturated carbocycles. The van der Waals surface area contributed by atoms with E-state index in [1.807, 2.05) is 0 Å². The molecular formula is C9H18N2Si. The average molecular weight is 182 g/mol. The third kappa shape index (κ3) is 2.33. The van der Waals surface area contributed by atoms with E-state index < -0.39 is 8.24 Å². The topological polar surface area (TPSA) is 27.0 Å². The van der Waals surface area contributed by atoms with Crippen LogP contribution in [0.5, 0.6) is 0 Å². The molecule has 0 atom stereocenters. The van der Waals surface area contributed by atoms with Crippen molar-refractivity contribution in [1.29, 1.82) is 5.26 Å². The van der Waals surface area contributed by atoms with Crippen LogP contribution in [-0.2, 0) is 0 Å². The number of hydrogen-bond donors (Lipinski definition) is 0. The molecule has 1 rings (SSSR count). The first-order chi connectivity index (χ1) is 5.67. The normalized spacial score (nSPS) is 22.4. The van der Waals surface area contributed by atoms with Crippen molar-refractivity contribution in [1.82, 2.24) is 4.57 Å².